The van der Waals surface area contributed by atoms with Gasteiger partial charge in [0, 0.05) is 27.1 Å². The second kappa shape index (κ2) is 5.56. The van der Waals surface area contributed by atoms with Crippen LogP contribution in [0.2, 0.25) is 0 Å². The molecule has 0 spiro atoms. The number of hydrogen-bond acceptors (Lipinski definition) is 2. The minimum absolute atomic E-state index is 0.606. The van der Waals surface area contributed by atoms with Gasteiger partial charge in [-0.25, -0.2) is 0 Å². The lowest BCUT2D eigenvalue weighted by Crippen LogP contribution is -2.31. The maximum Gasteiger partial charge on any atom is 0.168 e. The molecule has 67 valence electrons. The summed E-state index contributed by atoms with van der Waals surface area (Å²) >= 11 is 0. The molecule has 1 radical (unpaired) electrons. The Bertz CT molecular complexity index is 93.6. The summed E-state index contributed by atoms with van der Waals surface area (Å²) in [4.78, 5) is 0. The highest BCUT2D eigenvalue weighted by Crippen LogP contribution is 2.18. The van der Waals surface area contributed by atoms with Crippen molar-refractivity contribution in [2.45, 2.75) is 38.9 Å². The van der Waals surface area contributed by atoms with Crippen LogP contribution in [0.25, 0.3) is 0 Å². The van der Waals surface area contributed by atoms with Gasteiger partial charge in [-0.05, 0) is 13.3 Å². The molecule has 1 unspecified atom stereocenters. The summed E-state index contributed by atoms with van der Waals surface area (Å²) in [6, 6.07) is 0. The fourth-order valence-electron chi connectivity index (χ4n) is 0.942. The van der Waals surface area contributed by atoms with Crippen LogP contribution in [0.5, 0.6) is 0 Å². The molecular weight excluding hydrogens is 140 g/mol. The van der Waals surface area contributed by atoms with E-state index in [1.807, 2.05) is 6.92 Å². The van der Waals surface area contributed by atoms with Gasteiger partial charge in [-0.3, -0.25) is 0 Å². The van der Waals surface area contributed by atoms with Gasteiger partial charge in [0.15, 0.2) is 5.79 Å². The van der Waals surface area contributed by atoms with E-state index in [0.717, 1.165) is 19.3 Å². The van der Waals surface area contributed by atoms with E-state index >= 15 is 0 Å². The first kappa shape index (κ1) is 10.9. The molecule has 0 saturated heterocycles. The third-order valence-electron chi connectivity index (χ3n) is 1.69. The lowest BCUT2D eigenvalue weighted by Gasteiger charge is -2.27. The second-order valence-corrected chi connectivity index (χ2v) is 2.65. The Labute approximate surface area is 69.9 Å². The molecule has 0 aromatic heterocycles. The van der Waals surface area contributed by atoms with Gasteiger partial charge >= 0.3 is 0 Å². The monoisotopic (exact) mass is 159 g/mol. The Balaban J connectivity index is 3.68. The van der Waals surface area contributed by atoms with E-state index < -0.39 is 5.79 Å². The van der Waals surface area contributed by atoms with Crippen LogP contribution in [0.1, 0.15) is 33.1 Å². The van der Waals surface area contributed by atoms with Gasteiger partial charge in [0.05, 0.1) is 0 Å². The molecule has 1 atom stereocenters. The van der Waals surface area contributed by atoms with Crippen LogP contribution in [0.3, 0.4) is 0 Å². The Kier molecular flexibility index (Phi) is 5.51. The van der Waals surface area contributed by atoms with Crippen LogP contribution in [0.15, 0.2) is 0 Å². The van der Waals surface area contributed by atoms with E-state index in [-0.39, 0.29) is 0 Å². The number of methoxy groups -OCH3 is 1. The van der Waals surface area contributed by atoms with E-state index in [0.29, 0.717) is 6.61 Å². The van der Waals surface area contributed by atoms with E-state index in [1.54, 1.807) is 7.11 Å². The lowest BCUT2D eigenvalue weighted by atomic mass is 10.1. The van der Waals surface area contributed by atoms with Crippen molar-refractivity contribution in [3.05, 3.63) is 6.92 Å². The molecular formula is C9H19O2. The Morgan fingerprint density at radius 1 is 1.36 bits per heavy atom. The molecule has 11 heavy (non-hydrogen) atoms. The molecule has 2 heteroatoms. The first-order valence-electron chi connectivity index (χ1n) is 4.23. The van der Waals surface area contributed by atoms with Gasteiger partial charge in [0.25, 0.3) is 0 Å². The fourth-order valence-corrected chi connectivity index (χ4v) is 0.942. The number of hydrogen-bond donors (Lipinski definition) is 0. The van der Waals surface area contributed by atoms with Crippen LogP contribution in [0.4, 0.5) is 0 Å². The third-order valence-corrected chi connectivity index (χ3v) is 1.69. The Hall–Kier alpha value is -0.0800. The number of rotatable bonds is 6. The van der Waals surface area contributed by atoms with Crippen molar-refractivity contribution in [1.82, 2.24) is 0 Å². The Morgan fingerprint density at radius 3 is 2.36 bits per heavy atom. The molecule has 0 aromatic rings. The molecule has 0 fully saturated rings. The standard InChI is InChI=1S/C9H19O2/c1-5-7-8-9(3,10-4)11-6-2/h3,5-8H2,1-2,4H3. The van der Waals surface area contributed by atoms with Crippen molar-refractivity contribution in [2.24, 2.45) is 0 Å². The van der Waals surface area contributed by atoms with Crippen molar-refractivity contribution in [3.8, 4) is 0 Å². The van der Waals surface area contributed by atoms with Crippen LogP contribution >= 0.6 is 0 Å². The van der Waals surface area contributed by atoms with Gasteiger partial charge in [0.2, 0.25) is 0 Å². The number of unbranched alkanes of at least 4 members (excludes halogenated alkanes) is 1. The molecule has 0 saturated carbocycles. The minimum Gasteiger partial charge on any atom is -0.353 e. The van der Waals surface area contributed by atoms with Gasteiger partial charge < -0.3 is 9.47 Å². The van der Waals surface area contributed by atoms with Gasteiger partial charge in [-0.2, -0.15) is 0 Å². The lowest BCUT2D eigenvalue weighted by molar-refractivity contribution is -0.192. The highest BCUT2D eigenvalue weighted by atomic mass is 16.7. The first-order valence-corrected chi connectivity index (χ1v) is 4.23. The molecule has 0 aliphatic carbocycles. The van der Waals surface area contributed by atoms with E-state index in [1.165, 1.54) is 0 Å². The summed E-state index contributed by atoms with van der Waals surface area (Å²) in [6.07, 6.45) is 3.11. The summed E-state index contributed by atoms with van der Waals surface area (Å²) in [6.45, 7) is 8.61. The fraction of sp³-hybridized carbons (Fsp3) is 0.889. The molecule has 0 N–H and O–H groups in total. The SMILES string of the molecule is [CH2]C(CCCC)(OC)OCC. The second-order valence-electron chi connectivity index (χ2n) is 2.65. The molecule has 0 amide bonds. The highest BCUT2D eigenvalue weighted by Gasteiger charge is 2.22. The third kappa shape index (κ3) is 4.38. The zero-order chi connectivity index (χ0) is 8.74. The van der Waals surface area contributed by atoms with Crippen molar-refractivity contribution in [1.29, 1.82) is 0 Å². The van der Waals surface area contributed by atoms with Crippen LogP contribution in [0, 0.1) is 6.92 Å². The van der Waals surface area contributed by atoms with E-state index in [4.69, 9.17) is 9.47 Å². The van der Waals surface area contributed by atoms with Crippen LogP contribution in [-0.2, 0) is 9.47 Å². The van der Waals surface area contributed by atoms with E-state index in [9.17, 15) is 0 Å². The van der Waals surface area contributed by atoms with Crippen molar-refractivity contribution >= 4 is 0 Å². The van der Waals surface area contributed by atoms with Crippen molar-refractivity contribution in [2.75, 3.05) is 13.7 Å². The van der Waals surface area contributed by atoms with Gasteiger partial charge in [0.1, 0.15) is 0 Å². The maximum absolute atomic E-state index is 5.35. The quantitative estimate of drug-likeness (QED) is 0.554. The van der Waals surface area contributed by atoms with Crippen LogP contribution < -0.4 is 0 Å². The molecule has 0 bridgehead atoms. The van der Waals surface area contributed by atoms with Gasteiger partial charge in [-0.1, -0.05) is 13.3 Å². The average Bonchev–Trinajstić information content (AvgIpc) is 2.02. The molecule has 0 heterocycles. The molecule has 0 aliphatic rings. The van der Waals surface area contributed by atoms with Crippen molar-refractivity contribution in [3.63, 3.8) is 0 Å². The topological polar surface area (TPSA) is 18.5 Å². The maximum atomic E-state index is 5.35. The molecule has 2 nitrogen and oxygen atoms in total. The van der Waals surface area contributed by atoms with Crippen LogP contribution in [-0.4, -0.2) is 19.5 Å². The molecule has 0 aliphatic heterocycles. The Morgan fingerprint density at radius 2 is 2.00 bits per heavy atom. The largest absolute Gasteiger partial charge is 0.353 e. The minimum atomic E-state index is -0.606. The smallest absolute Gasteiger partial charge is 0.168 e. The summed E-state index contributed by atoms with van der Waals surface area (Å²) in [5.74, 6) is -0.606. The summed E-state index contributed by atoms with van der Waals surface area (Å²) < 4.78 is 10.5. The highest BCUT2D eigenvalue weighted by molar-refractivity contribution is 4.71. The zero-order valence-electron chi connectivity index (χ0n) is 7.85. The predicted octanol–water partition coefficient (Wildman–Crippen LogP) is 2.39. The van der Waals surface area contributed by atoms with Gasteiger partial charge in [-0.15, -0.1) is 0 Å². The predicted molar refractivity (Wildman–Crippen MR) is 46.2 cm³/mol. The first-order chi connectivity index (χ1) is 5.18. The average molecular weight is 159 g/mol. The molecule has 0 rings (SSSR count). The summed E-state index contributed by atoms with van der Waals surface area (Å²) in [7, 11) is 1.64. The summed E-state index contributed by atoms with van der Waals surface area (Å²) in [5.41, 5.74) is 0. The summed E-state index contributed by atoms with van der Waals surface area (Å²) in [5, 5.41) is 0. The normalized spacial score (nSPS) is 16.4. The molecule has 0 aromatic carbocycles. The van der Waals surface area contributed by atoms with Crippen molar-refractivity contribution < 1.29 is 9.47 Å². The van der Waals surface area contributed by atoms with E-state index in [2.05, 4.69) is 13.8 Å². The zero-order valence-corrected chi connectivity index (χ0v) is 7.85. The number of ether oxygens (including phenoxy) is 2.